The van der Waals surface area contributed by atoms with Gasteiger partial charge in [-0.2, -0.15) is 0 Å². The van der Waals surface area contributed by atoms with Crippen LogP contribution in [0.2, 0.25) is 0 Å². The summed E-state index contributed by atoms with van der Waals surface area (Å²) in [4.78, 5) is 0. The minimum Gasteiger partial charge on any atom is -0.508 e. The maximum absolute atomic E-state index is 9.73. The Balaban J connectivity index is 1.77. The Morgan fingerprint density at radius 1 is 1.24 bits per heavy atom. The Labute approximate surface area is 147 Å². The number of aromatic hydroxyl groups is 1. The molecule has 2 aromatic carbocycles. The maximum Gasteiger partial charge on any atom is 0.138 e. The Hall–Kier alpha value is -2.62. The van der Waals surface area contributed by atoms with Crippen LogP contribution in [0.3, 0.4) is 0 Å². The average molecular weight is 338 g/mol. The number of ether oxygens (including phenoxy) is 3. The smallest absolute Gasteiger partial charge is 0.138 e. The molecule has 0 spiro atoms. The third-order valence-corrected chi connectivity index (χ3v) is 4.91. The Bertz CT molecular complexity index is 849. The molecule has 2 aromatic rings. The predicted molar refractivity (Wildman–Crippen MR) is 95.8 cm³/mol. The minimum absolute atomic E-state index is 0.0862. The summed E-state index contributed by atoms with van der Waals surface area (Å²) in [6.45, 7) is 4.73. The van der Waals surface area contributed by atoms with Crippen LogP contribution < -0.4 is 14.2 Å². The Morgan fingerprint density at radius 2 is 2.04 bits per heavy atom. The van der Waals surface area contributed by atoms with Crippen LogP contribution in [0.1, 0.15) is 42.6 Å². The summed E-state index contributed by atoms with van der Waals surface area (Å²) in [6.07, 6.45) is 2.85. The summed E-state index contributed by atoms with van der Waals surface area (Å²) in [5.41, 5.74) is 4.45. The molecule has 0 aromatic heterocycles. The van der Waals surface area contributed by atoms with Crippen molar-refractivity contribution >= 4 is 0 Å². The third kappa shape index (κ3) is 2.62. The molecule has 2 aliphatic rings. The fourth-order valence-electron chi connectivity index (χ4n) is 3.66. The molecule has 2 unspecified atom stereocenters. The third-order valence-electron chi connectivity index (χ3n) is 4.91. The molecule has 4 rings (SSSR count). The normalized spacial score (nSPS) is 19.8. The van der Waals surface area contributed by atoms with Gasteiger partial charge in [0, 0.05) is 22.8 Å². The monoisotopic (exact) mass is 338 g/mol. The number of phenols is 1. The van der Waals surface area contributed by atoms with E-state index in [2.05, 4.69) is 19.9 Å². The molecule has 0 radical (unpaired) electrons. The summed E-state index contributed by atoms with van der Waals surface area (Å²) in [5, 5.41) is 9.73. The summed E-state index contributed by atoms with van der Waals surface area (Å²) in [7, 11) is 1.68. The van der Waals surface area contributed by atoms with Gasteiger partial charge in [0.25, 0.3) is 0 Å². The molecular formula is C21H22O4. The first-order valence-electron chi connectivity index (χ1n) is 8.54. The highest BCUT2D eigenvalue weighted by Crippen LogP contribution is 2.53. The first-order valence-corrected chi connectivity index (χ1v) is 8.54. The molecule has 0 fully saturated rings. The fourth-order valence-corrected chi connectivity index (χ4v) is 3.66. The van der Waals surface area contributed by atoms with Crippen LogP contribution in [0.25, 0.3) is 0 Å². The summed E-state index contributed by atoms with van der Waals surface area (Å²) in [5.74, 6) is 2.82. The predicted octanol–water partition coefficient (Wildman–Crippen LogP) is 4.52. The first-order chi connectivity index (χ1) is 12.1. The van der Waals surface area contributed by atoms with Crippen LogP contribution in [-0.4, -0.2) is 18.8 Å². The second-order valence-corrected chi connectivity index (χ2v) is 6.83. The highest BCUT2D eigenvalue weighted by Gasteiger charge is 2.41. The highest BCUT2D eigenvalue weighted by molar-refractivity contribution is 5.57. The van der Waals surface area contributed by atoms with E-state index in [1.807, 2.05) is 18.2 Å². The van der Waals surface area contributed by atoms with Gasteiger partial charge in [0.15, 0.2) is 0 Å². The van der Waals surface area contributed by atoms with Crippen LogP contribution in [0.4, 0.5) is 0 Å². The maximum atomic E-state index is 9.73. The van der Waals surface area contributed by atoms with Crippen molar-refractivity contribution in [2.45, 2.75) is 32.3 Å². The molecule has 0 saturated heterocycles. The lowest BCUT2D eigenvalue weighted by molar-refractivity contribution is 0.138. The van der Waals surface area contributed by atoms with E-state index in [0.717, 1.165) is 40.4 Å². The molecule has 2 atom stereocenters. The van der Waals surface area contributed by atoms with Gasteiger partial charge in [-0.1, -0.05) is 17.7 Å². The standard InChI is InChI=1S/C21H22O4/c1-12(2)4-6-15-18(23-3)9-8-16-20(15)24-11-17-14-7-5-13(22)10-19(14)25-21(16)17/h4-5,7-10,17,21-22H,6,11H2,1-3H3. The van der Waals surface area contributed by atoms with E-state index in [9.17, 15) is 5.11 Å². The second kappa shape index (κ2) is 6.03. The summed E-state index contributed by atoms with van der Waals surface area (Å²) < 4.78 is 17.9. The number of hydrogen-bond acceptors (Lipinski definition) is 4. The van der Waals surface area contributed by atoms with Gasteiger partial charge in [0.05, 0.1) is 19.6 Å². The number of hydrogen-bond donors (Lipinski definition) is 1. The van der Waals surface area contributed by atoms with Crippen molar-refractivity contribution < 1.29 is 19.3 Å². The number of allylic oxidation sites excluding steroid dienone is 2. The summed E-state index contributed by atoms with van der Waals surface area (Å²) >= 11 is 0. The second-order valence-electron chi connectivity index (χ2n) is 6.83. The highest BCUT2D eigenvalue weighted by atomic mass is 16.5. The molecule has 4 heteroatoms. The molecule has 2 heterocycles. The fraction of sp³-hybridized carbons (Fsp3) is 0.333. The van der Waals surface area contributed by atoms with Crippen molar-refractivity contribution in [1.82, 2.24) is 0 Å². The number of benzene rings is 2. The molecule has 1 N–H and O–H groups in total. The van der Waals surface area contributed by atoms with Crippen LogP contribution in [0, 0.1) is 0 Å². The lowest BCUT2D eigenvalue weighted by atomic mass is 9.87. The van der Waals surface area contributed by atoms with E-state index in [0.29, 0.717) is 6.61 Å². The average Bonchev–Trinajstić information content (AvgIpc) is 2.96. The minimum atomic E-state index is -0.0862. The van der Waals surface area contributed by atoms with Crippen molar-refractivity contribution in [2.75, 3.05) is 13.7 Å². The zero-order valence-corrected chi connectivity index (χ0v) is 14.7. The van der Waals surface area contributed by atoms with E-state index >= 15 is 0 Å². The van der Waals surface area contributed by atoms with Gasteiger partial charge in [-0.25, -0.2) is 0 Å². The molecule has 0 saturated carbocycles. The number of phenolic OH excluding ortho intramolecular Hbond substituents is 1. The van der Waals surface area contributed by atoms with Gasteiger partial charge in [-0.3, -0.25) is 0 Å². The SMILES string of the molecule is COc1ccc2c(c1CC=C(C)C)OCC1c3ccc(O)cc3OC21. The van der Waals surface area contributed by atoms with Crippen LogP contribution >= 0.6 is 0 Å². The largest absolute Gasteiger partial charge is 0.508 e. The zero-order chi connectivity index (χ0) is 17.6. The number of methoxy groups -OCH3 is 1. The van der Waals surface area contributed by atoms with Gasteiger partial charge in [-0.05, 0) is 38.5 Å². The lowest BCUT2D eigenvalue weighted by Gasteiger charge is -2.30. The van der Waals surface area contributed by atoms with Gasteiger partial charge in [0.2, 0.25) is 0 Å². The Kier molecular flexibility index (Phi) is 3.83. The van der Waals surface area contributed by atoms with Crippen molar-refractivity contribution in [3.8, 4) is 23.0 Å². The van der Waals surface area contributed by atoms with E-state index in [1.54, 1.807) is 19.2 Å². The number of rotatable bonds is 3. The topological polar surface area (TPSA) is 47.9 Å². The van der Waals surface area contributed by atoms with Crippen molar-refractivity contribution in [1.29, 1.82) is 0 Å². The van der Waals surface area contributed by atoms with Crippen LogP contribution in [-0.2, 0) is 6.42 Å². The molecule has 0 bridgehead atoms. The van der Waals surface area contributed by atoms with E-state index in [-0.39, 0.29) is 17.8 Å². The molecule has 25 heavy (non-hydrogen) atoms. The quantitative estimate of drug-likeness (QED) is 0.836. The van der Waals surface area contributed by atoms with Crippen molar-refractivity contribution in [3.05, 3.63) is 58.7 Å². The van der Waals surface area contributed by atoms with Crippen LogP contribution in [0.5, 0.6) is 23.0 Å². The zero-order valence-electron chi connectivity index (χ0n) is 14.7. The summed E-state index contributed by atoms with van der Waals surface area (Å²) in [6, 6.07) is 9.33. The van der Waals surface area contributed by atoms with Crippen molar-refractivity contribution in [2.24, 2.45) is 0 Å². The van der Waals surface area contributed by atoms with E-state index < -0.39 is 0 Å². The molecule has 4 nitrogen and oxygen atoms in total. The molecule has 130 valence electrons. The van der Waals surface area contributed by atoms with Gasteiger partial charge < -0.3 is 19.3 Å². The molecule has 0 amide bonds. The molecule has 0 aliphatic carbocycles. The molecule has 2 aliphatic heterocycles. The van der Waals surface area contributed by atoms with Crippen LogP contribution in [0.15, 0.2) is 42.0 Å². The molecular weight excluding hydrogens is 316 g/mol. The lowest BCUT2D eigenvalue weighted by Crippen LogP contribution is -2.24. The van der Waals surface area contributed by atoms with Gasteiger partial charge >= 0.3 is 0 Å². The number of fused-ring (bicyclic) bond motifs is 5. The van der Waals surface area contributed by atoms with Gasteiger partial charge in [-0.15, -0.1) is 0 Å². The van der Waals surface area contributed by atoms with Gasteiger partial charge in [0.1, 0.15) is 29.1 Å². The van der Waals surface area contributed by atoms with E-state index in [4.69, 9.17) is 14.2 Å². The van der Waals surface area contributed by atoms with Crippen molar-refractivity contribution in [3.63, 3.8) is 0 Å². The Morgan fingerprint density at radius 3 is 2.80 bits per heavy atom. The first kappa shape index (κ1) is 15.9. The van der Waals surface area contributed by atoms with E-state index in [1.165, 1.54) is 5.57 Å².